The number of carbonyl (C=O) groups is 2. The second-order valence-corrected chi connectivity index (χ2v) is 6.17. The average Bonchev–Trinajstić information content (AvgIpc) is 2.68. The monoisotopic (exact) mass is 337 g/mol. The molecule has 0 radical (unpaired) electrons. The molecule has 1 fully saturated rings. The van der Waals surface area contributed by atoms with Crippen LogP contribution in [-0.2, 0) is 9.59 Å². The summed E-state index contributed by atoms with van der Waals surface area (Å²) in [7, 11) is 1.71. The maximum atomic E-state index is 12.4. The van der Waals surface area contributed by atoms with Gasteiger partial charge >= 0.3 is 0 Å². The Morgan fingerprint density at radius 3 is 2.04 bits per heavy atom. The smallest absolute Gasteiger partial charge is 0.236 e. The summed E-state index contributed by atoms with van der Waals surface area (Å²) in [6.07, 6.45) is -0.0866. The molecule has 25 heavy (non-hydrogen) atoms. The summed E-state index contributed by atoms with van der Waals surface area (Å²) in [5.74, 6) is -0.276. The number of rotatable bonds is 4. The normalized spacial score (nSPS) is 14.3. The third-order valence-corrected chi connectivity index (χ3v) is 4.57. The van der Waals surface area contributed by atoms with Gasteiger partial charge < -0.3 is 14.7 Å². The first kappa shape index (κ1) is 17.0. The maximum absolute atomic E-state index is 12.4. The van der Waals surface area contributed by atoms with Gasteiger partial charge in [0.05, 0.1) is 0 Å². The Bertz CT molecular complexity index is 710. The molecule has 0 aromatic heterocycles. The lowest BCUT2D eigenvalue weighted by Crippen LogP contribution is -2.49. The van der Waals surface area contributed by atoms with Crippen molar-refractivity contribution in [3.8, 4) is 0 Å². The predicted molar refractivity (Wildman–Crippen MR) is 99.7 cm³/mol. The molecular formula is C20H23N3O2. The van der Waals surface area contributed by atoms with Crippen molar-refractivity contribution in [1.82, 2.24) is 4.90 Å². The van der Waals surface area contributed by atoms with Crippen LogP contribution in [0.2, 0.25) is 0 Å². The lowest BCUT2D eigenvalue weighted by atomic mass is 10.2. The summed E-state index contributed by atoms with van der Waals surface area (Å²) in [5.41, 5.74) is 1.98. The Hall–Kier alpha value is -2.82. The Morgan fingerprint density at radius 2 is 1.44 bits per heavy atom. The molecule has 130 valence electrons. The third-order valence-electron chi connectivity index (χ3n) is 4.57. The molecule has 1 heterocycles. The molecule has 2 amide bonds. The van der Waals surface area contributed by atoms with Gasteiger partial charge in [0.2, 0.25) is 11.8 Å². The highest BCUT2D eigenvalue weighted by Gasteiger charge is 2.24. The molecule has 0 unspecified atom stereocenters. The van der Waals surface area contributed by atoms with Gasteiger partial charge in [0.25, 0.3) is 0 Å². The van der Waals surface area contributed by atoms with Crippen LogP contribution in [0.15, 0.2) is 60.7 Å². The zero-order valence-corrected chi connectivity index (χ0v) is 14.5. The standard InChI is InChI=1S/C20H23N3O2/c1-21(17-8-4-2-5-9-17)19(24)16-20(25)23-14-12-22(13-15-23)18-10-6-3-7-11-18/h2-11H,12-16H2,1H3. The van der Waals surface area contributed by atoms with E-state index in [0.29, 0.717) is 13.1 Å². The van der Waals surface area contributed by atoms with Crippen molar-refractivity contribution in [2.45, 2.75) is 6.42 Å². The van der Waals surface area contributed by atoms with Crippen LogP contribution in [-0.4, -0.2) is 49.9 Å². The van der Waals surface area contributed by atoms with Gasteiger partial charge in [-0.05, 0) is 24.3 Å². The SMILES string of the molecule is CN(C(=O)CC(=O)N1CCN(c2ccccc2)CC1)c1ccccc1. The molecule has 0 bridgehead atoms. The molecule has 1 saturated heterocycles. The molecule has 5 heteroatoms. The number of anilines is 2. The van der Waals surface area contributed by atoms with Crippen molar-refractivity contribution in [3.63, 3.8) is 0 Å². The average molecular weight is 337 g/mol. The molecule has 2 aromatic rings. The van der Waals surface area contributed by atoms with Gasteiger partial charge in [-0.25, -0.2) is 0 Å². The van der Waals surface area contributed by atoms with Gasteiger partial charge in [-0.2, -0.15) is 0 Å². The van der Waals surface area contributed by atoms with E-state index in [2.05, 4.69) is 17.0 Å². The van der Waals surface area contributed by atoms with E-state index in [0.717, 1.165) is 18.8 Å². The van der Waals surface area contributed by atoms with Crippen molar-refractivity contribution in [2.24, 2.45) is 0 Å². The van der Waals surface area contributed by atoms with Crippen molar-refractivity contribution >= 4 is 23.2 Å². The quantitative estimate of drug-likeness (QED) is 0.805. The van der Waals surface area contributed by atoms with Crippen LogP contribution in [0.25, 0.3) is 0 Å². The Labute approximate surface area is 148 Å². The predicted octanol–water partition coefficient (Wildman–Crippen LogP) is 2.39. The molecule has 2 aromatic carbocycles. The molecule has 0 atom stereocenters. The van der Waals surface area contributed by atoms with Gasteiger partial charge in [0.1, 0.15) is 6.42 Å². The summed E-state index contributed by atoms with van der Waals surface area (Å²) in [6, 6.07) is 19.6. The fourth-order valence-electron chi connectivity index (χ4n) is 3.01. The van der Waals surface area contributed by atoms with E-state index < -0.39 is 0 Å². The van der Waals surface area contributed by atoms with Gasteiger partial charge in [-0.15, -0.1) is 0 Å². The van der Waals surface area contributed by atoms with Crippen molar-refractivity contribution in [3.05, 3.63) is 60.7 Å². The van der Waals surface area contributed by atoms with Crippen LogP contribution in [0.3, 0.4) is 0 Å². The van der Waals surface area contributed by atoms with Crippen LogP contribution in [0, 0.1) is 0 Å². The van der Waals surface area contributed by atoms with E-state index in [1.165, 1.54) is 10.6 Å². The summed E-state index contributed by atoms with van der Waals surface area (Å²) < 4.78 is 0. The minimum atomic E-state index is -0.179. The van der Waals surface area contributed by atoms with Gasteiger partial charge in [0, 0.05) is 44.6 Å². The third kappa shape index (κ3) is 4.18. The molecule has 3 rings (SSSR count). The number of hydrogen-bond donors (Lipinski definition) is 0. The number of amides is 2. The molecule has 1 aliphatic heterocycles. The van der Waals surface area contributed by atoms with Crippen LogP contribution in [0.1, 0.15) is 6.42 Å². The fourth-order valence-corrected chi connectivity index (χ4v) is 3.01. The van der Waals surface area contributed by atoms with Crippen molar-refractivity contribution < 1.29 is 9.59 Å². The Balaban J connectivity index is 1.52. The lowest BCUT2D eigenvalue weighted by Gasteiger charge is -2.36. The zero-order valence-electron chi connectivity index (χ0n) is 14.5. The second-order valence-electron chi connectivity index (χ2n) is 6.17. The largest absolute Gasteiger partial charge is 0.368 e. The topological polar surface area (TPSA) is 43.9 Å². The van der Waals surface area contributed by atoms with Gasteiger partial charge in [-0.3, -0.25) is 9.59 Å². The molecule has 0 N–H and O–H groups in total. The number of hydrogen-bond acceptors (Lipinski definition) is 3. The van der Waals surface area contributed by atoms with E-state index >= 15 is 0 Å². The lowest BCUT2D eigenvalue weighted by molar-refractivity contribution is -0.135. The summed E-state index contributed by atoms with van der Waals surface area (Å²) in [6.45, 7) is 2.88. The van der Waals surface area contributed by atoms with Crippen molar-refractivity contribution in [1.29, 1.82) is 0 Å². The second kappa shape index (κ2) is 7.83. The summed E-state index contributed by atoms with van der Waals surface area (Å²) >= 11 is 0. The van der Waals surface area contributed by atoms with Crippen molar-refractivity contribution in [2.75, 3.05) is 43.0 Å². The molecule has 0 aliphatic carbocycles. The molecular weight excluding hydrogens is 314 g/mol. The summed E-state index contributed by atoms with van der Waals surface area (Å²) in [5, 5.41) is 0. The number of benzene rings is 2. The molecule has 5 nitrogen and oxygen atoms in total. The number of carbonyl (C=O) groups excluding carboxylic acids is 2. The first-order chi connectivity index (χ1) is 12.1. The Morgan fingerprint density at radius 1 is 0.880 bits per heavy atom. The van der Waals surface area contributed by atoms with E-state index in [4.69, 9.17) is 0 Å². The minimum absolute atomic E-state index is 0.0866. The highest BCUT2D eigenvalue weighted by atomic mass is 16.2. The maximum Gasteiger partial charge on any atom is 0.236 e. The number of para-hydroxylation sites is 2. The molecule has 1 aliphatic rings. The number of piperazine rings is 1. The first-order valence-corrected chi connectivity index (χ1v) is 8.54. The van der Waals surface area contributed by atoms with Crippen LogP contribution in [0.4, 0.5) is 11.4 Å². The highest BCUT2D eigenvalue weighted by Crippen LogP contribution is 2.17. The number of nitrogens with zero attached hydrogens (tertiary/aromatic N) is 3. The van der Waals surface area contributed by atoms with Crippen LogP contribution >= 0.6 is 0 Å². The zero-order chi connectivity index (χ0) is 17.6. The Kier molecular flexibility index (Phi) is 5.33. The van der Waals surface area contributed by atoms with E-state index in [1.807, 2.05) is 48.5 Å². The van der Waals surface area contributed by atoms with E-state index in [1.54, 1.807) is 11.9 Å². The van der Waals surface area contributed by atoms with Crippen LogP contribution in [0.5, 0.6) is 0 Å². The van der Waals surface area contributed by atoms with Crippen LogP contribution < -0.4 is 9.80 Å². The van der Waals surface area contributed by atoms with E-state index in [9.17, 15) is 9.59 Å². The fraction of sp³-hybridized carbons (Fsp3) is 0.300. The minimum Gasteiger partial charge on any atom is -0.368 e. The highest BCUT2D eigenvalue weighted by molar-refractivity contribution is 6.04. The molecule has 0 spiro atoms. The van der Waals surface area contributed by atoms with E-state index in [-0.39, 0.29) is 18.2 Å². The molecule has 0 saturated carbocycles. The van der Waals surface area contributed by atoms with Gasteiger partial charge in [0.15, 0.2) is 0 Å². The first-order valence-electron chi connectivity index (χ1n) is 8.54. The summed E-state index contributed by atoms with van der Waals surface area (Å²) in [4.78, 5) is 30.4. The van der Waals surface area contributed by atoms with Gasteiger partial charge in [-0.1, -0.05) is 36.4 Å².